The Labute approximate surface area is 75.8 Å². The van der Waals surface area contributed by atoms with E-state index in [9.17, 15) is 8.42 Å². The minimum absolute atomic E-state index is 0.303. The van der Waals surface area contributed by atoms with Crippen LogP contribution in [0.3, 0.4) is 0 Å². The maximum Gasteiger partial charge on any atom is 0.211 e. The molecule has 0 saturated heterocycles. The first kappa shape index (κ1) is 11.9. The lowest BCUT2D eigenvalue weighted by Crippen LogP contribution is -2.48. The van der Waals surface area contributed by atoms with Crippen LogP contribution in [0.4, 0.5) is 0 Å². The Morgan fingerprint density at radius 2 is 1.58 bits per heavy atom. The third kappa shape index (κ3) is 2.45. The van der Waals surface area contributed by atoms with Crippen molar-refractivity contribution < 1.29 is 8.42 Å². The molecule has 0 rings (SSSR count). The summed E-state index contributed by atoms with van der Waals surface area (Å²) in [6.07, 6.45) is 1.23. The maximum absolute atomic E-state index is 11.2. The molecule has 12 heavy (non-hydrogen) atoms. The van der Waals surface area contributed by atoms with Crippen LogP contribution in [0.5, 0.6) is 0 Å². The number of nitrogens with zero attached hydrogens (tertiary/aromatic N) is 1. The van der Waals surface area contributed by atoms with Gasteiger partial charge in [0.25, 0.3) is 0 Å². The molecule has 74 valence electrons. The summed E-state index contributed by atoms with van der Waals surface area (Å²) < 4.78 is 23.8. The van der Waals surface area contributed by atoms with Crippen LogP contribution in [0.25, 0.3) is 0 Å². The van der Waals surface area contributed by atoms with Gasteiger partial charge in [-0.25, -0.2) is 8.42 Å². The summed E-state index contributed by atoms with van der Waals surface area (Å²) in [5.74, 6) is 0.303. The SMILES string of the molecule is CC(C)C(C)(C)N(C)S(C)(=O)=O. The second kappa shape index (κ2) is 3.34. The molecule has 0 atom stereocenters. The van der Waals surface area contributed by atoms with Crippen LogP contribution < -0.4 is 0 Å². The molecule has 0 aromatic rings. The Balaban J connectivity index is 4.82. The molecular formula is C8H19NO2S. The van der Waals surface area contributed by atoms with E-state index in [-0.39, 0.29) is 5.54 Å². The molecule has 0 spiro atoms. The number of hydrogen-bond acceptors (Lipinski definition) is 2. The Morgan fingerprint density at radius 1 is 1.25 bits per heavy atom. The molecule has 0 saturated carbocycles. The van der Waals surface area contributed by atoms with Crippen LogP contribution in [-0.4, -0.2) is 31.6 Å². The minimum atomic E-state index is -3.07. The zero-order valence-electron chi connectivity index (χ0n) is 8.75. The topological polar surface area (TPSA) is 37.4 Å². The van der Waals surface area contributed by atoms with E-state index in [4.69, 9.17) is 0 Å². The lowest BCUT2D eigenvalue weighted by atomic mass is 9.91. The van der Waals surface area contributed by atoms with Crippen LogP contribution in [0.1, 0.15) is 27.7 Å². The van der Waals surface area contributed by atoms with Gasteiger partial charge in [-0.15, -0.1) is 0 Å². The molecule has 0 heterocycles. The predicted molar refractivity (Wildman–Crippen MR) is 51.5 cm³/mol. The van der Waals surface area contributed by atoms with Gasteiger partial charge in [0.15, 0.2) is 0 Å². The first-order valence-corrected chi connectivity index (χ1v) is 5.89. The van der Waals surface area contributed by atoms with E-state index < -0.39 is 10.0 Å². The van der Waals surface area contributed by atoms with Crippen LogP contribution in [0.2, 0.25) is 0 Å². The summed E-state index contributed by atoms with van der Waals surface area (Å²) in [7, 11) is -1.45. The van der Waals surface area contributed by atoms with E-state index in [0.29, 0.717) is 5.92 Å². The Morgan fingerprint density at radius 3 is 1.67 bits per heavy atom. The summed E-state index contributed by atoms with van der Waals surface area (Å²) in [6, 6.07) is 0. The molecule has 0 N–H and O–H groups in total. The summed E-state index contributed by atoms with van der Waals surface area (Å²) in [4.78, 5) is 0. The van der Waals surface area contributed by atoms with Gasteiger partial charge in [0.2, 0.25) is 10.0 Å². The van der Waals surface area contributed by atoms with E-state index in [1.54, 1.807) is 7.05 Å². The first-order chi connectivity index (χ1) is 5.10. The van der Waals surface area contributed by atoms with Gasteiger partial charge < -0.3 is 0 Å². The summed E-state index contributed by atoms with van der Waals surface area (Å²) >= 11 is 0. The minimum Gasteiger partial charge on any atom is -0.212 e. The molecule has 0 unspecified atom stereocenters. The van der Waals surface area contributed by atoms with Gasteiger partial charge in [0.1, 0.15) is 0 Å². The lowest BCUT2D eigenvalue weighted by Gasteiger charge is -2.37. The quantitative estimate of drug-likeness (QED) is 0.677. The molecule has 0 aliphatic heterocycles. The average Bonchev–Trinajstić information content (AvgIpc) is 1.83. The second-order valence-corrected chi connectivity index (χ2v) is 6.05. The summed E-state index contributed by atoms with van der Waals surface area (Å²) in [5, 5.41) is 0. The molecule has 0 aliphatic carbocycles. The van der Waals surface area contributed by atoms with Crippen LogP contribution in [0.15, 0.2) is 0 Å². The molecule has 0 radical (unpaired) electrons. The van der Waals surface area contributed by atoms with Crippen molar-refractivity contribution in [1.29, 1.82) is 0 Å². The Kier molecular flexibility index (Phi) is 3.32. The molecule has 0 aliphatic rings. The van der Waals surface area contributed by atoms with E-state index >= 15 is 0 Å². The van der Waals surface area contributed by atoms with E-state index in [1.165, 1.54) is 10.6 Å². The largest absolute Gasteiger partial charge is 0.212 e. The van der Waals surface area contributed by atoms with Gasteiger partial charge in [-0.2, -0.15) is 4.31 Å². The van der Waals surface area contributed by atoms with Crippen molar-refractivity contribution in [2.75, 3.05) is 13.3 Å². The van der Waals surface area contributed by atoms with Crippen molar-refractivity contribution in [3.05, 3.63) is 0 Å². The van der Waals surface area contributed by atoms with Crippen molar-refractivity contribution in [3.63, 3.8) is 0 Å². The van der Waals surface area contributed by atoms with Gasteiger partial charge >= 0.3 is 0 Å². The third-order valence-electron chi connectivity index (χ3n) is 2.72. The zero-order chi connectivity index (χ0) is 10.2. The number of hydrogen-bond donors (Lipinski definition) is 0. The van der Waals surface area contributed by atoms with Crippen molar-refractivity contribution >= 4 is 10.0 Å². The van der Waals surface area contributed by atoms with Gasteiger partial charge in [-0.3, -0.25) is 0 Å². The lowest BCUT2D eigenvalue weighted by molar-refractivity contribution is 0.194. The standard InChI is InChI=1S/C8H19NO2S/c1-7(2)8(3,4)9(5)12(6,10)11/h7H,1-6H3. The second-order valence-electron chi connectivity index (χ2n) is 4.04. The molecule has 3 nitrogen and oxygen atoms in total. The van der Waals surface area contributed by atoms with E-state index in [1.807, 2.05) is 27.7 Å². The molecule has 0 fully saturated rings. The molecule has 0 bridgehead atoms. The molecular weight excluding hydrogens is 174 g/mol. The number of sulfonamides is 1. The molecule has 0 aromatic carbocycles. The maximum atomic E-state index is 11.2. The normalized spacial score (nSPS) is 14.3. The highest BCUT2D eigenvalue weighted by molar-refractivity contribution is 7.88. The highest BCUT2D eigenvalue weighted by atomic mass is 32.2. The van der Waals surface area contributed by atoms with Crippen molar-refractivity contribution in [2.45, 2.75) is 33.2 Å². The highest BCUT2D eigenvalue weighted by Gasteiger charge is 2.32. The monoisotopic (exact) mass is 193 g/mol. The highest BCUT2D eigenvalue weighted by Crippen LogP contribution is 2.24. The Bertz CT molecular complexity index is 242. The molecule has 0 amide bonds. The van der Waals surface area contributed by atoms with Gasteiger partial charge in [0.05, 0.1) is 6.26 Å². The fourth-order valence-corrected chi connectivity index (χ4v) is 1.86. The van der Waals surface area contributed by atoms with Gasteiger partial charge in [0, 0.05) is 12.6 Å². The third-order valence-corrected chi connectivity index (χ3v) is 4.19. The van der Waals surface area contributed by atoms with Crippen molar-refractivity contribution in [3.8, 4) is 0 Å². The smallest absolute Gasteiger partial charge is 0.211 e. The molecule has 0 aromatic heterocycles. The zero-order valence-corrected chi connectivity index (χ0v) is 9.57. The van der Waals surface area contributed by atoms with Crippen molar-refractivity contribution in [1.82, 2.24) is 4.31 Å². The fourth-order valence-electron chi connectivity index (χ4n) is 0.791. The summed E-state index contributed by atoms with van der Waals surface area (Å²) in [5.41, 5.74) is -0.312. The number of rotatable bonds is 3. The summed E-state index contributed by atoms with van der Waals surface area (Å²) in [6.45, 7) is 7.89. The van der Waals surface area contributed by atoms with Gasteiger partial charge in [-0.1, -0.05) is 13.8 Å². The molecule has 4 heteroatoms. The van der Waals surface area contributed by atoms with Crippen LogP contribution >= 0.6 is 0 Å². The van der Waals surface area contributed by atoms with Crippen LogP contribution in [-0.2, 0) is 10.0 Å². The average molecular weight is 193 g/mol. The fraction of sp³-hybridized carbons (Fsp3) is 1.00. The van der Waals surface area contributed by atoms with Gasteiger partial charge in [-0.05, 0) is 19.8 Å². The predicted octanol–water partition coefficient (Wildman–Crippen LogP) is 1.31. The van der Waals surface area contributed by atoms with E-state index in [0.717, 1.165) is 0 Å². The first-order valence-electron chi connectivity index (χ1n) is 4.04. The van der Waals surface area contributed by atoms with E-state index in [2.05, 4.69) is 0 Å². The van der Waals surface area contributed by atoms with Crippen LogP contribution in [0, 0.1) is 5.92 Å². The van der Waals surface area contributed by atoms with Crippen molar-refractivity contribution in [2.24, 2.45) is 5.92 Å². The Hall–Kier alpha value is -0.0900.